The molecule has 90 valence electrons. The number of rotatable bonds is 1. The van der Waals surface area contributed by atoms with Crippen LogP contribution in [0.4, 0.5) is 17.6 Å². The van der Waals surface area contributed by atoms with Gasteiger partial charge in [0.25, 0.3) is 0 Å². The molecule has 0 bridgehead atoms. The third-order valence-corrected chi connectivity index (χ3v) is 2.93. The first-order chi connectivity index (χ1) is 7.91. The first-order valence-corrected chi connectivity index (χ1v) is 5.55. The second-order valence-corrected chi connectivity index (χ2v) is 4.26. The molecule has 1 aromatic heterocycles. The largest absolute Gasteiger partial charge is 0.433 e. The third-order valence-electron chi connectivity index (χ3n) is 2.15. The molecular formula is C10H5F4IN2. The Morgan fingerprint density at radius 2 is 1.82 bits per heavy atom. The summed E-state index contributed by atoms with van der Waals surface area (Å²) in [4.78, 5) is 0. The summed E-state index contributed by atoms with van der Waals surface area (Å²) in [6.07, 6.45) is -4.59. The Balaban J connectivity index is 2.68. The zero-order chi connectivity index (χ0) is 12.6. The van der Waals surface area contributed by atoms with E-state index < -0.39 is 17.7 Å². The Bertz CT molecular complexity index is 547. The van der Waals surface area contributed by atoms with Crippen molar-refractivity contribution in [3.05, 3.63) is 39.5 Å². The lowest BCUT2D eigenvalue weighted by Crippen LogP contribution is -2.07. The molecule has 0 aliphatic carbocycles. The molecule has 0 aliphatic heterocycles. The van der Waals surface area contributed by atoms with Gasteiger partial charge in [0.1, 0.15) is 15.2 Å². The van der Waals surface area contributed by atoms with Crippen LogP contribution in [-0.2, 0) is 6.18 Å². The molecule has 2 rings (SSSR count). The molecule has 1 heterocycles. The molecule has 0 unspecified atom stereocenters. The zero-order valence-electron chi connectivity index (χ0n) is 8.15. The van der Waals surface area contributed by atoms with Crippen molar-refractivity contribution in [3.8, 4) is 11.1 Å². The molecule has 0 amide bonds. The maximum Gasteiger partial charge on any atom is 0.433 e. The molecule has 1 aromatic carbocycles. The molecule has 2 aromatic rings. The fourth-order valence-electron chi connectivity index (χ4n) is 1.43. The molecule has 0 fully saturated rings. The first-order valence-electron chi connectivity index (χ1n) is 4.47. The van der Waals surface area contributed by atoms with Crippen LogP contribution in [0.3, 0.4) is 0 Å². The number of aromatic nitrogens is 2. The van der Waals surface area contributed by atoms with Gasteiger partial charge in [-0.3, -0.25) is 5.10 Å². The lowest BCUT2D eigenvalue weighted by molar-refractivity contribution is -0.140. The van der Waals surface area contributed by atoms with Crippen molar-refractivity contribution in [2.75, 3.05) is 0 Å². The summed E-state index contributed by atoms with van der Waals surface area (Å²) in [6, 6.07) is 5.29. The molecule has 0 saturated carbocycles. The molecule has 0 atom stereocenters. The number of benzene rings is 1. The number of aromatic amines is 1. The lowest BCUT2D eigenvalue weighted by Gasteiger charge is -2.08. The van der Waals surface area contributed by atoms with Crippen molar-refractivity contribution in [2.24, 2.45) is 0 Å². The van der Waals surface area contributed by atoms with Gasteiger partial charge < -0.3 is 0 Å². The molecule has 7 heteroatoms. The van der Waals surface area contributed by atoms with E-state index in [4.69, 9.17) is 0 Å². The van der Waals surface area contributed by atoms with Crippen LogP contribution in [0.5, 0.6) is 0 Å². The van der Waals surface area contributed by atoms with Crippen LogP contribution in [0.25, 0.3) is 11.1 Å². The van der Waals surface area contributed by atoms with Gasteiger partial charge in [0.15, 0.2) is 0 Å². The maximum absolute atomic E-state index is 13.5. The standard InChI is InChI=1S/C10H5F4IN2/c11-6-4-2-1-3-5(6)7-8(10(12,13)14)16-17-9(7)15/h1-4H,(H,16,17). The Kier molecular flexibility index (Phi) is 3.11. The number of halogens is 5. The van der Waals surface area contributed by atoms with Crippen molar-refractivity contribution < 1.29 is 17.6 Å². The normalized spacial score (nSPS) is 11.8. The van der Waals surface area contributed by atoms with Crippen molar-refractivity contribution in [1.82, 2.24) is 10.2 Å². The summed E-state index contributed by atoms with van der Waals surface area (Å²) >= 11 is 1.63. The van der Waals surface area contributed by atoms with Gasteiger partial charge in [-0.15, -0.1) is 0 Å². The monoisotopic (exact) mass is 356 g/mol. The van der Waals surface area contributed by atoms with Gasteiger partial charge >= 0.3 is 6.18 Å². The predicted molar refractivity (Wildman–Crippen MR) is 61.7 cm³/mol. The smallest absolute Gasteiger partial charge is 0.272 e. The molecule has 1 N–H and O–H groups in total. The van der Waals surface area contributed by atoms with E-state index in [1.54, 1.807) is 22.6 Å². The SMILES string of the molecule is Fc1ccccc1-c1c(I)n[nH]c1C(F)(F)F. The third kappa shape index (κ3) is 2.28. The van der Waals surface area contributed by atoms with Crippen molar-refractivity contribution >= 4 is 22.6 Å². The van der Waals surface area contributed by atoms with Crippen LogP contribution < -0.4 is 0 Å². The summed E-state index contributed by atoms with van der Waals surface area (Å²) in [5.74, 6) is -0.711. The van der Waals surface area contributed by atoms with E-state index in [0.717, 1.165) is 6.07 Å². The predicted octanol–water partition coefficient (Wildman–Crippen LogP) is 3.84. The van der Waals surface area contributed by atoms with Crippen LogP contribution in [0.15, 0.2) is 24.3 Å². The highest BCUT2D eigenvalue weighted by Gasteiger charge is 2.37. The number of alkyl halides is 3. The average Bonchev–Trinajstić information content (AvgIpc) is 2.60. The number of nitrogens with one attached hydrogen (secondary N) is 1. The highest BCUT2D eigenvalue weighted by Crippen LogP contribution is 2.38. The zero-order valence-corrected chi connectivity index (χ0v) is 10.3. The number of hydrogen-bond donors (Lipinski definition) is 1. The fraction of sp³-hybridized carbons (Fsp3) is 0.100. The van der Waals surface area contributed by atoms with Gasteiger partial charge in [-0.25, -0.2) is 4.39 Å². The quantitative estimate of drug-likeness (QED) is 0.611. The van der Waals surface area contributed by atoms with E-state index >= 15 is 0 Å². The van der Waals surface area contributed by atoms with Gasteiger partial charge in [-0.2, -0.15) is 18.3 Å². The van der Waals surface area contributed by atoms with E-state index in [1.807, 2.05) is 5.10 Å². The Hall–Kier alpha value is -1.12. The number of H-pyrrole nitrogens is 1. The summed E-state index contributed by atoms with van der Waals surface area (Å²) < 4.78 is 51.6. The van der Waals surface area contributed by atoms with Crippen molar-refractivity contribution in [3.63, 3.8) is 0 Å². The fourth-order valence-corrected chi connectivity index (χ4v) is 2.12. The van der Waals surface area contributed by atoms with E-state index in [2.05, 4.69) is 5.10 Å². The van der Waals surface area contributed by atoms with Crippen LogP contribution in [-0.4, -0.2) is 10.2 Å². The topological polar surface area (TPSA) is 28.7 Å². The van der Waals surface area contributed by atoms with Crippen LogP contribution in [0, 0.1) is 9.52 Å². The van der Waals surface area contributed by atoms with Gasteiger partial charge in [-0.1, -0.05) is 18.2 Å². The highest BCUT2D eigenvalue weighted by molar-refractivity contribution is 14.1. The van der Waals surface area contributed by atoms with Crippen molar-refractivity contribution in [2.45, 2.75) is 6.18 Å². The minimum Gasteiger partial charge on any atom is -0.272 e. The van der Waals surface area contributed by atoms with E-state index in [-0.39, 0.29) is 14.8 Å². The average molecular weight is 356 g/mol. The Morgan fingerprint density at radius 1 is 1.18 bits per heavy atom. The maximum atomic E-state index is 13.5. The Labute approximate surface area is 107 Å². The van der Waals surface area contributed by atoms with Crippen LogP contribution in [0.1, 0.15) is 5.69 Å². The van der Waals surface area contributed by atoms with Crippen LogP contribution in [0.2, 0.25) is 0 Å². The summed E-state index contributed by atoms with van der Waals surface area (Å²) in [5, 5.41) is 5.37. The van der Waals surface area contributed by atoms with Gasteiger partial charge in [0, 0.05) is 11.1 Å². The van der Waals surface area contributed by atoms with Gasteiger partial charge in [-0.05, 0) is 28.7 Å². The minimum atomic E-state index is -4.59. The lowest BCUT2D eigenvalue weighted by atomic mass is 10.1. The Morgan fingerprint density at radius 3 is 2.41 bits per heavy atom. The molecule has 17 heavy (non-hydrogen) atoms. The van der Waals surface area contributed by atoms with Crippen molar-refractivity contribution in [1.29, 1.82) is 0 Å². The van der Waals surface area contributed by atoms with Crippen LogP contribution >= 0.6 is 22.6 Å². The summed E-state index contributed by atoms with van der Waals surface area (Å²) in [6.45, 7) is 0. The molecular weight excluding hydrogens is 351 g/mol. The minimum absolute atomic E-state index is 0.0834. The molecule has 0 radical (unpaired) electrons. The number of nitrogens with zero attached hydrogens (tertiary/aromatic N) is 1. The van der Waals surface area contributed by atoms with E-state index in [0.29, 0.717) is 0 Å². The summed E-state index contributed by atoms with van der Waals surface area (Å²) in [7, 11) is 0. The second kappa shape index (κ2) is 4.28. The molecule has 2 nitrogen and oxygen atoms in total. The number of hydrogen-bond acceptors (Lipinski definition) is 1. The molecule has 0 spiro atoms. The molecule has 0 aliphatic rings. The summed E-state index contributed by atoms with van der Waals surface area (Å²) in [5.41, 5.74) is -1.40. The van der Waals surface area contributed by atoms with E-state index in [1.165, 1.54) is 18.2 Å². The van der Waals surface area contributed by atoms with E-state index in [9.17, 15) is 17.6 Å². The highest BCUT2D eigenvalue weighted by atomic mass is 127. The second-order valence-electron chi connectivity index (χ2n) is 3.24. The van der Waals surface area contributed by atoms with Gasteiger partial charge in [0.2, 0.25) is 0 Å². The first kappa shape index (κ1) is 12.3. The molecule has 0 saturated heterocycles. The van der Waals surface area contributed by atoms with Gasteiger partial charge in [0.05, 0.1) is 0 Å².